The predicted molar refractivity (Wildman–Crippen MR) is 84.1 cm³/mol. The molecule has 0 radical (unpaired) electrons. The number of para-hydroxylation sites is 2. The van der Waals surface area contributed by atoms with Gasteiger partial charge in [0.15, 0.2) is 0 Å². The van der Waals surface area contributed by atoms with Crippen molar-refractivity contribution < 1.29 is 4.42 Å². The van der Waals surface area contributed by atoms with Gasteiger partial charge in [-0.15, -0.1) is 0 Å². The van der Waals surface area contributed by atoms with Gasteiger partial charge in [0, 0.05) is 12.1 Å². The van der Waals surface area contributed by atoms with E-state index in [0.717, 1.165) is 29.9 Å². The summed E-state index contributed by atoms with van der Waals surface area (Å²) in [6.45, 7) is 6.99. The Labute approximate surface area is 124 Å². The molecule has 0 aliphatic heterocycles. The summed E-state index contributed by atoms with van der Waals surface area (Å²) in [7, 11) is 0. The van der Waals surface area contributed by atoms with Crippen molar-refractivity contribution in [1.82, 2.24) is 14.9 Å². The largest absolute Gasteiger partial charge is 0.467 e. The summed E-state index contributed by atoms with van der Waals surface area (Å²) in [6.07, 6.45) is 3.64. The van der Waals surface area contributed by atoms with E-state index >= 15 is 0 Å². The van der Waals surface area contributed by atoms with Gasteiger partial charge in [-0.1, -0.05) is 26.0 Å². The maximum Gasteiger partial charge on any atom is 0.127 e. The maximum atomic E-state index is 5.66. The highest BCUT2D eigenvalue weighted by molar-refractivity contribution is 5.75. The van der Waals surface area contributed by atoms with Crippen LogP contribution in [0.25, 0.3) is 11.0 Å². The van der Waals surface area contributed by atoms with Crippen molar-refractivity contribution >= 4 is 11.0 Å². The van der Waals surface area contributed by atoms with Crippen molar-refractivity contribution in [2.75, 3.05) is 6.54 Å². The highest BCUT2D eigenvalue weighted by Crippen LogP contribution is 2.17. The summed E-state index contributed by atoms with van der Waals surface area (Å²) in [5, 5.41) is 3.46. The van der Waals surface area contributed by atoms with Gasteiger partial charge in [0.2, 0.25) is 0 Å². The maximum absolute atomic E-state index is 5.66. The summed E-state index contributed by atoms with van der Waals surface area (Å²) in [4.78, 5) is 4.42. The topological polar surface area (TPSA) is 43.0 Å². The minimum atomic E-state index is 0.651. The van der Waals surface area contributed by atoms with Crippen LogP contribution in [0, 0.1) is 5.92 Å². The normalized spacial score (nSPS) is 11.6. The van der Waals surface area contributed by atoms with Gasteiger partial charge in [0.1, 0.15) is 5.76 Å². The van der Waals surface area contributed by atoms with E-state index in [2.05, 4.69) is 34.8 Å². The highest BCUT2D eigenvalue weighted by Gasteiger charge is 2.09. The molecule has 4 heteroatoms. The van der Waals surface area contributed by atoms with Crippen LogP contribution < -0.4 is 5.32 Å². The zero-order valence-electron chi connectivity index (χ0n) is 12.5. The fourth-order valence-electron chi connectivity index (χ4n) is 2.45. The van der Waals surface area contributed by atoms with Gasteiger partial charge < -0.3 is 14.3 Å². The molecule has 3 rings (SSSR count). The van der Waals surface area contributed by atoms with Gasteiger partial charge in [-0.3, -0.25) is 0 Å². The number of furan rings is 1. The number of nitrogens with zero attached hydrogens (tertiary/aromatic N) is 2. The number of imidazole rings is 1. The zero-order chi connectivity index (χ0) is 14.7. The predicted octanol–water partition coefficient (Wildman–Crippen LogP) is 3.42. The third kappa shape index (κ3) is 3.16. The average Bonchev–Trinajstić information content (AvgIpc) is 3.07. The monoisotopic (exact) mass is 283 g/mol. The Balaban J connectivity index is 1.75. The van der Waals surface area contributed by atoms with Crippen LogP contribution in [0.2, 0.25) is 0 Å². The minimum absolute atomic E-state index is 0.651. The summed E-state index contributed by atoms with van der Waals surface area (Å²) >= 11 is 0. The van der Waals surface area contributed by atoms with Crippen LogP contribution in [0.15, 0.2) is 47.3 Å². The average molecular weight is 283 g/mol. The van der Waals surface area contributed by atoms with Gasteiger partial charge in [0.25, 0.3) is 0 Å². The number of hydrogen-bond donors (Lipinski definition) is 1. The summed E-state index contributed by atoms with van der Waals surface area (Å²) in [5.41, 5.74) is 3.37. The molecule has 0 saturated heterocycles. The first-order valence-electron chi connectivity index (χ1n) is 7.40. The standard InChI is InChI=1S/C17H21N3O/c1-13(2)9-18-10-14-7-8-21-17(14)11-20-12-19-15-5-3-4-6-16(15)20/h3-8,12-13,18H,9-11H2,1-2H3. The number of fused-ring (bicyclic) bond motifs is 1. The number of aromatic nitrogens is 2. The Kier molecular flexibility index (Phi) is 4.06. The first-order valence-corrected chi connectivity index (χ1v) is 7.40. The molecule has 21 heavy (non-hydrogen) atoms. The fraction of sp³-hybridized carbons (Fsp3) is 0.353. The van der Waals surface area contributed by atoms with E-state index in [1.54, 1.807) is 6.26 Å². The lowest BCUT2D eigenvalue weighted by molar-refractivity contribution is 0.484. The van der Waals surface area contributed by atoms with Gasteiger partial charge in [-0.05, 0) is 30.7 Å². The third-order valence-corrected chi connectivity index (χ3v) is 3.55. The van der Waals surface area contributed by atoms with Gasteiger partial charge in [0.05, 0.1) is 30.2 Å². The number of hydrogen-bond acceptors (Lipinski definition) is 3. The first-order chi connectivity index (χ1) is 10.2. The van der Waals surface area contributed by atoms with Crippen LogP contribution in [0.4, 0.5) is 0 Å². The molecule has 0 amide bonds. The SMILES string of the molecule is CC(C)CNCc1ccoc1Cn1cnc2ccccc21. The third-order valence-electron chi connectivity index (χ3n) is 3.55. The molecule has 2 aromatic heterocycles. The molecule has 4 nitrogen and oxygen atoms in total. The number of nitrogens with one attached hydrogen (secondary N) is 1. The molecule has 1 aromatic carbocycles. The van der Waals surface area contributed by atoms with Crippen molar-refractivity contribution in [1.29, 1.82) is 0 Å². The molecule has 0 spiro atoms. The van der Waals surface area contributed by atoms with E-state index in [0.29, 0.717) is 12.5 Å². The molecule has 0 aliphatic carbocycles. The Morgan fingerprint density at radius 2 is 2.10 bits per heavy atom. The van der Waals surface area contributed by atoms with E-state index in [-0.39, 0.29) is 0 Å². The second-order valence-electron chi connectivity index (χ2n) is 5.75. The molecule has 2 heterocycles. The highest BCUT2D eigenvalue weighted by atomic mass is 16.3. The molecule has 0 bridgehead atoms. The van der Waals surface area contributed by atoms with Crippen LogP contribution in [-0.2, 0) is 13.1 Å². The molecule has 1 N–H and O–H groups in total. The van der Waals surface area contributed by atoms with Gasteiger partial charge in [-0.2, -0.15) is 0 Å². The molecule has 0 unspecified atom stereocenters. The van der Waals surface area contributed by atoms with Crippen LogP contribution in [-0.4, -0.2) is 16.1 Å². The van der Waals surface area contributed by atoms with Gasteiger partial charge in [-0.25, -0.2) is 4.98 Å². The number of rotatable bonds is 6. The van der Waals surface area contributed by atoms with Crippen LogP contribution in [0.5, 0.6) is 0 Å². The lowest BCUT2D eigenvalue weighted by Gasteiger charge is -2.08. The van der Waals surface area contributed by atoms with E-state index in [1.165, 1.54) is 5.56 Å². The second kappa shape index (κ2) is 6.14. The Bertz CT molecular complexity index is 711. The van der Waals surface area contributed by atoms with E-state index in [4.69, 9.17) is 4.42 Å². The molecule has 3 aromatic rings. The lowest BCUT2D eigenvalue weighted by atomic mass is 10.2. The lowest BCUT2D eigenvalue weighted by Crippen LogP contribution is -2.19. The summed E-state index contributed by atoms with van der Waals surface area (Å²) in [5.74, 6) is 1.65. The Morgan fingerprint density at radius 3 is 2.95 bits per heavy atom. The molecular weight excluding hydrogens is 262 g/mol. The molecule has 0 aliphatic rings. The number of benzene rings is 1. The fourth-order valence-corrected chi connectivity index (χ4v) is 2.45. The van der Waals surface area contributed by atoms with Crippen molar-refractivity contribution in [2.24, 2.45) is 5.92 Å². The van der Waals surface area contributed by atoms with Crippen molar-refractivity contribution in [3.05, 3.63) is 54.2 Å². The first kappa shape index (κ1) is 13.9. The molecule has 0 saturated carbocycles. The van der Waals surface area contributed by atoms with Crippen LogP contribution in [0.1, 0.15) is 25.2 Å². The Hall–Kier alpha value is -2.07. The molecule has 110 valence electrons. The Morgan fingerprint density at radius 1 is 1.24 bits per heavy atom. The van der Waals surface area contributed by atoms with E-state index in [9.17, 15) is 0 Å². The van der Waals surface area contributed by atoms with Crippen molar-refractivity contribution in [2.45, 2.75) is 26.9 Å². The molecular formula is C17H21N3O. The van der Waals surface area contributed by atoms with E-state index < -0.39 is 0 Å². The second-order valence-corrected chi connectivity index (χ2v) is 5.75. The summed E-state index contributed by atoms with van der Waals surface area (Å²) < 4.78 is 7.78. The van der Waals surface area contributed by atoms with Crippen LogP contribution >= 0.6 is 0 Å². The minimum Gasteiger partial charge on any atom is -0.467 e. The smallest absolute Gasteiger partial charge is 0.127 e. The van der Waals surface area contributed by atoms with E-state index in [1.807, 2.05) is 30.6 Å². The van der Waals surface area contributed by atoms with Crippen LogP contribution in [0.3, 0.4) is 0 Å². The summed E-state index contributed by atoms with van der Waals surface area (Å²) in [6, 6.07) is 10.2. The molecule has 0 fully saturated rings. The van der Waals surface area contributed by atoms with Crippen molar-refractivity contribution in [3.63, 3.8) is 0 Å². The quantitative estimate of drug-likeness (QED) is 0.753. The van der Waals surface area contributed by atoms with Crippen molar-refractivity contribution in [3.8, 4) is 0 Å². The molecule has 0 atom stereocenters. The van der Waals surface area contributed by atoms with Gasteiger partial charge >= 0.3 is 0 Å². The zero-order valence-corrected chi connectivity index (χ0v) is 12.5.